The van der Waals surface area contributed by atoms with E-state index in [0.717, 1.165) is 9.75 Å². The fourth-order valence-corrected chi connectivity index (χ4v) is 2.66. The molecule has 0 spiro atoms. The maximum Gasteiger partial charge on any atom is 0.275 e. The van der Waals surface area contributed by atoms with Gasteiger partial charge in [0.05, 0.1) is 23.1 Å². The van der Waals surface area contributed by atoms with Gasteiger partial charge in [0.25, 0.3) is 5.69 Å². The lowest BCUT2D eigenvalue weighted by Crippen LogP contribution is -2.08. The van der Waals surface area contributed by atoms with Crippen molar-refractivity contribution in [3.05, 3.63) is 55.8 Å². The Morgan fingerprint density at radius 3 is 2.35 bits per heavy atom. The molecule has 0 amide bonds. The average molecular weight is 298 g/mol. The van der Waals surface area contributed by atoms with Gasteiger partial charge in [0, 0.05) is 9.75 Å². The molecular weight excluding hydrogens is 286 g/mol. The summed E-state index contributed by atoms with van der Waals surface area (Å²) >= 11 is 1.52. The Kier molecular flexibility index (Phi) is 3.99. The minimum Gasteiger partial charge on any atom is -0.373 e. The van der Waals surface area contributed by atoms with Gasteiger partial charge in [-0.3, -0.25) is 10.1 Å². The maximum absolute atomic E-state index is 13.7. The second-order valence-electron chi connectivity index (χ2n) is 4.36. The summed E-state index contributed by atoms with van der Waals surface area (Å²) in [6, 6.07) is 4.91. The van der Waals surface area contributed by atoms with Crippen molar-refractivity contribution in [2.24, 2.45) is 0 Å². The molecule has 1 atom stereocenters. The predicted octanol–water partition coefficient (Wildman–Crippen LogP) is 4.42. The van der Waals surface area contributed by atoms with E-state index in [1.54, 1.807) is 6.92 Å². The highest BCUT2D eigenvalue weighted by Crippen LogP contribution is 2.30. The molecule has 1 aromatic heterocycles. The number of hydrogen-bond donors (Lipinski definition) is 1. The molecule has 0 aliphatic carbocycles. The molecule has 2 aromatic rings. The summed E-state index contributed by atoms with van der Waals surface area (Å²) in [7, 11) is 0. The third kappa shape index (κ3) is 2.93. The molecule has 1 aromatic carbocycles. The molecule has 2 rings (SSSR count). The lowest BCUT2D eigenvalue weighted by Gasteiger charge is -2.15. The van der Waals surface area contributed by atoms with Gasteiger partial charge in [0.2, 0.25) is 0 Å². The maximum atomic E-state index is 13.7. The number of nitrogens with zero attached hydrogens (tertiary/aromatic N) is 1. The van der Waals surface area contributed by atoms with Crippen LogP contribution >= 0.6 is 11.3 Å². The zero-order chi connectivity index (χ0) is 14.9. The first kappa shape index (κ1) is 14.4. The molecule has 0 saturated heterocycles. The van der Waals surface area contributed by atoms with E-state index in [-0.39, 0.29) is 11.7 Å². The highest BCUT2D eigenvalue weighted by molar-refractivity contribution is 7.12. The van der Waals surface area contributed by atoms with Gasteiger partial charge >= 0.3 is 0 Å². The van der Waals surface area contributed by atoms with Gasteiger partial charge in [-0.05, 0) is 26.0 Å². The highest BCUT2D eigenvalue weighted by atomic mass is 32.1. The number of hydrogen-bond acceptors (Lipinski definition) is 4. The van der Waals surface area contributed by atoms with Crippen molar-refractivity contribution in [2.45, 2.75) is 19.9 Å². The van der Waals surface area contributed by atoms with Crippen LogP contribution in [0.5, 0.6) is 0 Å². The van der Waals surface area contributed by atoms with Crippen LogP contribution in [0.4, 0.5) is 20.2 Å². The molecular formula is C13H12F2N2O2S. The van der Waals surface area contributed by atoms with E-state index in [9.17, 15) is 18.9 Å². The van der Waals surface area contributed by atoms with Crippen molar-refractivity contribution in [3.63, 3.8) is 0 Å². The third-order valence-corrected chi connectivity index (χ3v) is 3.97. The van der Waals surface area contributed by atoms with Gasteiger partial charge < -0.3 is 5.32 Å². The second kappa shape index (κ2) is 5.54. The molecule has 1 unspecified atom stereocenters. The standard InChI is InChI=1S/C13H12F2N2O2S/c1-7-3-4-12(20-7)8(2)16-13-10(14)5-9(17(18)19)6-11(13)15/h3-6,8,16H,1-2H3. The van der Waals surface area contributed by atoms with E-state index < -0.39 is 22.2 Å². The summed E-state index contributed by atoms with van der Waals surface area (Å²) < 4.78 is 27.5. The van der Waals surface area contributed by atoms with Gasteiger partial charge in [-0.25, -0.2) is 8.78 Å². The lowest BCUT2D eigenvalue weighted by molar-refractivity contribution is -0.385. The molecule has 1 N–H and O–H groups in total. The number of thiophene rings is 1. The van der Waals surface area contributed by atoms with E-state index in [1.165, 1.54) is 11.3 Å². The summed E-state index contributed by atoms with van der Waals surface area (Å²) in [5.74, 6) is -1.95. The molecule has 4 nitrogen and oxygen atoms in total. The average Bonchev–Trinajstić information content (AvgIpc) is 2.80. The summed E-state index contributed by atoms with van der Waals surface area (Å²) in [5, 5.41) is 13.2. The van der Waals surface area contributed by atoms with Crippen LogP contribution in [-0.2, 0) is 0 Å². The molecule has 0 aliphatic rings. The first-order valence-electron chi connectivity index (χ1n) is 5.85. The zero-order valence-corrected chi connectivity index (χ0v) is 11.6. The van der Waals surface area contributed by atoms with Gasteiger partial charge in [0.15, 0.2) is 11.6 Å². The van der Waals surface area contributed by atoms with Gasteiger partial charge in [-0.1, -0.05) is 0 Å². The Morgan fingerprint density at radius 2 is 1.90 bits per heavy atom. The Bertz CT molecular complexity index is 635. The fraction of sp³-hybridized carbons (Fsp3) is 0.231. The monoisotopic (exact) mass is 298 g/mol. The first-order chi connectivity index (χ1) is 9.38. The first-order valence-corrected chi connectivity index (χ1v) is 6.66. The van der Waals surface area contributed by atoms with Crippen molar-refractivity contribution in [2.75, 3.05) is 5.32 Å². The van der Waals surface area contributed by atoms with E-state index in [2.05, 4.69) is 5.32 Å². The smallest absolute Gasteiger partial charge is 0.275 e. The van der Waals surface area contributed by atoms with Crippen LogP contribution in [0.3, 0.4) is 0 Å². The van der Waals surface area contributed by atoms with Gasteiger partial charge in [-0.2, -0.15) is 0 Å². The van der Waals surface area contributed by atoms with E-state index in [1.807, 2.05) is 19.1 Å². The molecule has 0 bridgehead atoms. The van der Waals surface area contributed by atoms with Gasteiger partial charge in [0.1, 0.15) is 5.69 Å². The Balaban J connectivity index is 2.27. The number of benzene rings is 1. The van der Waals surface area contributed by atoms with Crippen molar-refractivity contribution >= 4 is 22.7 Å². The fourth-order valence-electron chi connectivity index (χ4n) is 1.78. The van der Waals surface area contributed by atoms with Crippen LogP contribution in [0.1, 0.15) is 22.7 Å². The molecule has 0 fully saturated rings. The summed E-state index contributed by atoms with van der Waals surface area (Å²) in [6.45, 7) is 3.71. The molecule has 0 radical (unpaired) electrons. The second-order valence-corrected chi connectivity index (χ2v) is 5.68. The number of nitrogens with one attached hydrogen (secondary N) is 1. The zero-order valence-electron chi connectivity index (χ0n) is 10.8. The van der Waals surface area contributed by atoms with E-state index in [4.69, 9.17) is 0 Å². The summed E-state index contributed by atoms with van der Waals surface area (Å²) in [6.07, 6.45) is 0. The number of aryl methyl sites for hydroxylation is 1. The number of anilines is 1. The summed E-state index contributed by atoms with van der Waals surface area (Å²) in [5.41, 5.74) is -0.959. The number of halogens is 2. The molecule has 7 heteroatoms. The van der Waals surface area contributed by atoms with Crippen molar-refractivity contribution in [1.82, 2.24) is 0 Å². The molecule has 20 heavy (non-hydrogen) atoms. The van der Waals surface area contributed by atoms with E-state index in [0.29, 0.717) is 12.1 Å². The van der Waals surface area contributed by atoms with Crippen molar-refractivity contribution in [1.29, 1.82) is 0 Å². The molecule has 0 aliphatic heterocycles. The SMILES string of the molecule is Cc1ccc(C(C)Nc2c(F)cc([N+](=O)[O-])cc2F)s1. The van der Waals surface area contributed by atoms with Crippen LogP contribution in [-0.4, -0.2) is 4.92 Å². The van der Waals surface area contributed by atoms with Crippen LogP contribution < -0.4 is 5.32 Å². The minimum absolute atomic E-state index is 0.292. The quantitative estimate of drug-likeness (QED) is 0.671. The van der Waals surface area contributed by atoms with Crippen LogP contribution in [0.2, 0.25) is 0 Å². The third-order valence-electron chi connectivity index (χ3n) is 2.79. The van der Waals surface area contributed by atoms with Crippen LogP contribution in [0.25, 0.3) is 0 Å². The number of non-ortho nitro benzene ring substituents is 1. The van der Waals surface area contributed by atoms with Crippen molar-refractivity contribution < 1.29 is 13.7 Å². The topological polar surface area (TPSA) is 55.2 Å². The van der Waals surface area contributed by atoms with E-state index >= 15 is 0 Å². The molecule has 0 saturated carbocycles. The Morgan fingerprint density at radius 1 is 1.30 bits per heavy atom. The van der Waals surface area contributed by atoms with Gasteiger partial charge in [-0.15, -0.1) is 11.3 Å². The normalized spacial score (nSPS) is 12.2. The lowest BCUT2D eigenvalue weighted by atomic mass is 10.2. The largest absolute Gasteiger partial charge is 0.373 e. The van der Waals surface area contributed by atoms with Crippen molar-refractivity contribution in [3.8, 4) is 0 Å². The Hall–Kier alpha value is -2.02. The van der Waals surface area contributed by atoms with Crippen LogP contribution in [0.15, 0.2) is 24.3 Å². The number of nitro groups is 1. The minimum atomic E-state index is -0.975. The Labute approximate surface area is 118 Å². The number of rotatable bonds is 4. The summed E-state index contributed by atoms with van der Waals surface area (Å²) in [4.78, 5) is 11.7. The molecule has 1 heterocycles. The molecule has 106 valence electrons. The predicted molar refractivity (Wildman–Crippen MR) is 74.1 cm³/mol. The van der Waals surface area contributed by atoms with Crippen LogP contribution in [0, 0.1) is 28.7 Å². The highest BCUT2D eigenvalue weighted by Gasteiger charge is 2.19. The number of nitro benzene ring substituents is 1.